The molecule has 2 heterocycles. The van der Waals surface area contributed by atoms with Crippen LogP contribution in [-0.4, -0.2) is 54.2 Å². The first-order valence-corrected chi connectivity index (χ1v) is 12.8. The smallest absolute Gasteiger partial charge is 0.245 e. The number of anilines is 2. The van der Waals surface area contributed by atoms with E-state index in [0.717, 1.165) is 6.07 Å². The molecule has 0 unspecified atom stereocenters. The van der Waals surface area contributed by atoms with Crippen LogP contribution in [0.2, 0.25) is 0 Å². The summed E-state index contributed by atoms with van der Waals surface area (Å²) in [4.78, 5) is 22.3. The molecule has 4 aromatic rings. The summed E-state index contributed by atoms with van der Waals surface area (Å²) in [7, 11) is 2.89. The van der Waals surface area contributed by atoms with E-state index in [4.69, 9.17) is 14.2 Å². The Kier molecular flexibility index (Phi) is 7.95. The number of nitrogens with zero attached hydrogens (tertiary/aromatic N) is 3. The molecule has 0 aliphatic carbocycles. The topological polar surface area (TPSA) is 85.8 Å². The van der Waals surface area contributed by atoms with Gasteiger partial charge in [0.05, 0.1) is 19.7 Å². The molecule has 0 atom stereocenters. The van der Waals surface area contributed by atoms with Crippen LogP contribution in [0.25, 0.3) is 22.0 Å². The number of likely N-dealkylation sites (tertiary alicyclic amines) is 1. The van der Waals surface area contributed by atoms with E-state index in [0.29, 0.717) is 54.4 Å². The van der Waals surface area contributed by atoms with E-state index in [1.54, 1.807) is 17.0 Å². The summed E-state index contributed by atoms with van der Waals surface area (Å²) in [5.41, 5.74) is 0.212. The number of carbonyl (C=O) groups is 1. The van der Waals surface area contributed by atoms with Crippen molar-refractivity contribution in [2.75, 3.05) is 32.6 Å². The first-order chi connectivity index (χ1) is 19.8. The number of halogens is 3. The Balaban J connectivity index is 1.50. The molecule has 1 aliphatic heterocycles. The van der Waals surface area contributed by atoms with Crippen molar-refractivity contribution >= 4 is 28.3 Å². The van der Waals surface area contributed by atoms with E-state index in [-0.39, 0.29) is 40.4 Å². The van der Waals surface area contributed by atoms with Gasteiger partial charge in [0.1, 0.15) is 41.3 Å². The fraction of sp³-hybridized carbons (Fsp3) is 0.233. The molecule has 0 spiro atoms. The number of hydrogen-bond donors (Lipinski definition) is 1. The van der Waals surface area contributed by atoms with Crippen LogP contribution in [0.15, 0.2) is 61.4 Å². The molecule has 1 aromatic heterocycles. The van der Waals surface area contributed by atoms with Gasteiger partial charge in [-0.25, -0.2) is 23.1 Å². The Bertz CT molecular complexity index is 1620. The average Bonchev–Trinajstić information content (AvgIpc) is 2.98. The fourth-order valence-electron chi connectivity index (χ4n) is 4.80. The summed E-state index contributed by atoms with van der Waals surface area (Å²) in [5.74, 6) is -1.34. The minimum atomic E-state index is -0.902. The maximum absolute atomic E-state index is 15.9. The SMILES string of the molecule is C=CC(=O)N1CCC(Oc2cc3c(Nc4c(OC)ccc(-c5ccc(F)cc5F)c4F)ncnc3cc2OC)CC1. The van der Waals surface area contributed by atoms with Crippen LogP contribution < -0.4 is 19.5 Å². The van der Waals surface area contributed by atoms with Gasteiger partial charge in [0.25, 0.3) is 0 Å². The minimum Gasteiger partial charge on any atom is -0.494 e. The largest absolute Gasteiger partial charge is 0.494 e. The maximum Gasteiger partial charge on any atom is 0.245 e. The Morgan fingerprint density at radius 1 is 0.976 bits per heavy atom. The molecule has 1 aliphatic rings. The second-order valence-electron chi connectivity index (χ2n) is 9.34. The number of aromatic nitrogens is 2. The van der Waals surface area contributed by atoms with E-state index in [2.05, 4.69) is 21.9 Å². The number of ether oxygens (including phenoxy) is 3. The molecule has 1 amide bonds. The fourth-order valence-corrected chi connectivity index (χ4v) is 4.80. The summed E-state index contributed by atoms with van der Waals surface area (Å²) >= 11 is 0. The Hall–Kier alpha value is -4.80. The third kappa shape index (κ3) is 5.60. The molecule has 212 valence electrons. The average molecular weight is 565 g/mol. The third-order valence-electron chi connectivity index (χ3n) is 6.93. The Morgan fingerprint density at radius 2 is 1.71 bits per heavy atom. The lowest BCUT2D eigenvalue weighted by Crippen LogP contribution is -2.41. The number of piperidine rings is 1. The Labute approximate surface area is 234 Å². The van der Waals surface area contributed by atoms with Crippen molar-refractivity contribution < 1.29 is 32.2 Å². The lowest BCUT2D eigenvalue weighted by molar-refractivity contribution is -0.127. The molecule has 0 bridgehead atoms. The molecular weight excluding hydrogens is 537 g/mol. The number of rotatable bonds is 8. The summed E-state index contributed by atoms with van der Waals surface area (Å²) < 4.78 is 61.1. The van der Waals surface area contributed by atoms with Gasteiger partial charge in [-0.15, -0.1) is 0 Å². The summed E-state index contributed by atoms with van der Waals surface area (Å²) in [6.45, 7) is 4.60. The molecule has 0 radical (unpaired) electrons. The first-order valence-electron chi connectivity index (χ1n) is 12.8. The third-order valence-corrected chi connectivity index (χ3v) is 6.93. The minimum absolute atomic E-state index is 0.0869. The van der Waals surface area contributed by atoms with E-state index >= 15 is 4.39 Å². The molecule has 0 saturated carbocycles. The highest BCUT2D eigenvalue weighted by Gasteiger charge is 2.25. The highest BCUT2D eigenvalue weighted by molar-refractivity contribution is 5.94. The van der Waals surface area contributed by atoms with E-state index in [1.807, 2.05) is 0 Å². The van der Waals surface area contributed by atoms with E-state index in [1.165, 1.54) is 44.8 Å². The van der Waals surface area contributed by atoms with Crippen molar-refractivity contribution in [3.05, 3.63) is 78.9 Å². The normalized spacial score (nSPS) is 13.6. The second-order valence-corrected chi connectivity index (χ2v) is 9.34. The van der Waals surface area contributed by atoms with Crippen molar-refractivity contribution in [1.29, 1.82) is 0 Å². The van der Waals surface area contributed by atoms with Crippen molar-refractivity contribution in [2.24, 2.45) is 0 Å². The van der Waals surface area contributed by atoms with Gasteiger partial charge >= 0.3 is 0 Å². The quantitative estimate of drug-likeness (QED) is 0.262. The van der Waals surface area contributed by atoms with Crippen molar-refractivity contribution in [2.45, 2.75) is 18.9 Å². The molecule has 8 nitrogen and oxygen atoms in total. The number of nitrogens with one attached hydrogen (secondary N) is 1. The lowest BCUT2D eigenvalue weighted by atomic mass is 10.0. The van der Waals surface area contributed by atoms with Gasteiger partial charge < -0.3 is 24.4 Å². The highest BCUT2D eigenvalue weighted by atomic mass is 19.1. The van der Waals surface area contributed by atoms with Crippen molar-refractivity contribution in [1.82, 2.24) is 14.9 Å². The number of benzene rings is 3. The molecule has 1 fully saturated rings. The molecule has 11 heteroatoms. The van der Waals surface area contributed by atoms with Gasteiger partial charge in [0.15, 0.2) is 17.3 Å². The summed E-state index contributed by atoms with van der Waals surface area (Å²) in [6, 6.07) is 9.15. The van der Waals surface area contributed by atoms with Crippen LogP contribution in [0.1, 0.15) is 12.8 Å². The van der Waals surface area contributed by atoms with Gasteiger partial charge in [0.2, 0.25) is 5.91 Å². The van der Waals surface area contributed by atoms with Gasteiger partial charge in [0, 0.05) is 54.6 Å². The molecule has 3 aromatic carbocycles. The van der Waals surface area contributed by atoms with E-state index in [9.17, 15) is 13.6 Å². The van der Waals surface area contributed by atoms with Gasteiger partial charge in [-0.2, -0.15) is 0 Å². The van der Waals surface area contributed by atoms with Crippen LogP contribution in [0.4, 0.5) is 24.7 Å². The Morgan fingerprint density at radius 3 is 2.39 bits per heavy atom. The zero-order valence-electron chi connectivity index (χ0n) is 22.4. The van der Waals surface area contributed by atoms with Crippen LogP contribution in [0.5, 0.6) is 17.2 Å². The van der Waals surface area contributed by atoms with Crippen LogP contribution in [0, 0.1) is 17.5 Å². The number of carbonyl (C=O) groups excluding carboxylic acids is 1. The molecular formula is C30H27F3N4O4. The first kappa shape index (κ1) is 27.8. The molecule has 1 N–H and O–H groups in total. The predicted octanol–water partition coefficient (Wildman–Crippen LogP) is 6.03. The standard InChI is InChI=1S/C30H27F3N4O4/c1-4-27(38)37-11-9-18(10-12-37)41-26-14-21-23(15-25(26)40-3)34-16-35-30(21)36-29-24(39-2)8-7-20(28(29)33)19-6-5-17(31)13-22(19)32/h4-8,13-16,18H,1,9-12H2,2-3H3,(H,34,35,36). The van der Waals surface area contributed by atoms with Gasteiger partial charge in [-0.05, 0) is 36.4 Å². The number of hydrogen-bond acceptors (Lipinski definition) is 7. The molecule has 41 heavy (non-hydrogen) atoms. The van der Waals surface area contributed by atoms with Gasteiger partial charge in [-0.1, -0.05) is 6.58 Å². The van der Waals surface area contributed by atoms with Crippen LogP contribution >= 0.6 is 0 Å². The second kappa shape index (κ2) is 11.7. The maximum atomic E-state index is 15.9. The molecule has 5 rings (SSSR count). The zero-order chi connectivity index (χ0) is 29.1. The lowest BCUT2D eigenvalue weighted by Gasteiger charge is -2.31. The number of amides is 1. The zero-order valence-corrected chi connectivity index (χ0v) is 22.4. The number of methoxy groups -OCH3 is 2. The van der Waals surface area contributed by atoms with Crippen LogP contribution in [0.3, 0.4) is 0 Å². The molecule has 1 saturated heterocycles. The monoisotopic (exact) mass is 564 g/mol. The van der Waals surface area contributed by atoms with Crippen molar-refractivity contribution in [3.63, 3.8) is 0 Å². The highest BCUT2D eigenvalue weighted by Crippen LogP contribution is 2.40. The summed E-state index contributed by atoms with van der Waals surface area (Å²) in [5, 5.41) is 3.47. The predicted molar refractivity (Wildman–Crippen MR) is 148 cm³/mol. The van der Waals surface area contributed by atoms with Crippen molar-refractivity contribution in [3.8, 4) is 28.4 Å². The van der Waals surface area contributed by atoms with Crippen LogP contribution in [-0.2, 0) is 4.79 Å². The van der Waals surface area contributed by atoms with Gasteiger partial charge in [-0.3, -0.25) is 4.79 Å². The number of fused-ring (bicyclic) bond motifs is 1. The van der Waals surface area contributed by atoms with E-state index < -0.39 is 17.5 Å². The summed E-state index contributed by atoms with van der Waals surface area (Å²) in [6.07, 6.45) is 3.67.